The Labute approximate surface area is 214 Å². The van der Waals surface area contributed by atoms with Crippen LogP contribution in [0.15, 0.2) is 54.6 Å². The smallest absolute Gasteiger partial charge is 0.119 e. The summed E-state index contributed by atoms with van der Waals surface area (Å²) in [7, 11) is 0. The summed E-state index contributed by atoms with van der Waals surface area (Å²) in [5, 5.41) is 0. The van der Waals surface area contributed by atoms with Crippen LogP contribution < -0.4 is 9.47 Å². The lowest BCUT2D eigenvalue weighted by Gasteiger charge is -2.18. The Balaban J connectivity index is 2.06. The summed E-state index contributed by atoms with van der Waals surface area (Å²) in [6.07, 6.45) is 7.21. The first-order valence-electron chi connectivity index (χ1n) is 13.8. The molecule has 0 radical (unpaired) electrons. The van der Waals surface area contributed by atoms with E-state index < -0.39 is 0 Å². The molecule has 0 saturated heterocycles. The molecule has 35 heavy (non-hydrogen) atoms. The number of hydrogen-bond acceptors (Lipinski definition) is 4. The van der Waals surface area contributed by atoms with E-state index in [4.69, 9.17) is 9.47 Å². The molecule has 0 atom stereocenters. The summed E-state index contributed by atoms with van der Waals surface area (Å²) in [6, 6.07) is 17.1. The molecule has 4 heteroatoms. The number of hydrogen-bond donors (Lipinski definition) is 0. The first-order valence-corrected chi connectivity index (χ1v) is 13.8. The van der Waals surface area contributed by atoms with E-state index in [1.54, 1.807) is 0 Å². The molecule has 0 spiro atoms. The van der Waals surface area contributed by atoms with E-state index in [0.717, 1.165) is 70.4 Å². The third-order valence-corrected chi connectivity index (χ3v) is 6.63. The molecule has 0 unspecified atom stereocenters. The standard InChI is InChI=1S/C31H48N2O2/c1-6-11-12-13-14-31(27-15-19-29(20-16-27)34-25-23-32(7-2)8-3)28-17-21-30(22-18-28)35-26-24-33(9-4)10-5/h14-22H,6-13,23-26H2,1-5H3. The van der Waals surface area contributed by atoms with Gasteiger partial charge in [0.05, 0.1) is 0 Å². The first kappa shape index (κ1) is 28.9. The van der Waals surface area contributed by atoms with Gasteiger partial charge in [0.15, 0.2) is 0 Å². The quantitative estimate of drug-likeness (QED) is 0.212. The number of likely N-dealkylation sites (N-methyl/N-ethyl adjacent to an activating group) is 2. The van der Waals surface area contributed by atoms with Crippen molar-refractivity contribution in [2.75, 3.05) is 52.5 Å². The van der Waals surface area contributed by atoms with Crippen LogP contribution in [0.4, 0.5) is 0 Å². The van der Waals surface area contributed by atoms with E-state index in [1.807, 2.05) is 0 Å². The molecule has 0 aliphatic rings. The average molecular weight is 481 g/mol. The van der Waals surface area contributed by atoms with Crippen LogP contribution in [0, 0.1) is 0 Å². The summed E-state index contributed by atoms with van der Waals surface area (Å²) in [4.78, 5) is 4.75. The largest absolute Gasteiger partial charge is 0.492 e. The van der Waals surface area contributed by atoms with Gasteiger partial charge in [-0.05, 0) is 80.0 Å². The second kappa shape index (κ2) is 17.2. The fourth-order valence-electron chi connectivity index (χ4n) is 4.17. The Morgan fingerprint density at radius 3 is 1.43 bits per heavy atom. The van der Waals surface area contributed by atoms with Gasteiger partial charge >= 0.3 is 0 Å². The molecule has 0 saturated carbocycles. The molecular formula is C31H48N2O2. The molecular weight excluding hydrogens is 432 g/mol. The maximum Gasteiger partial charge on any atom is 0.119 e. The van der Waals surface area contributed by atoms with Crippen LogP contribution in [-0.4, -0.2) is 62.3 Å². The molecule has 0 bridgehead atoms. The number of rotatable bonds is 18. The van der Waals surface area contributed by atoms with Gasteiger partial charge in [-0.2, -0.15) is 0 Å². The number of nitrogens with zero attached hydrogens (tertiary/aromatic N) is 2. The molecule has 2 aromatic carbocycles. The number of benzene rings is 2. The second-order valence-corrected chi connectivity index (χ2v) is 8.91. The van der Waals surface area contributed by atoms with Gasteiger partial charge in [0.2, 0.25) is 0 Å². The Morgan fingerprint density at radius 1 is 0.629 bits per heavy atom. The van der Waals surface area contributed by atoms with E-state index in [1.165, 1.54) is 36.0 Å². The lowest BCUT2D eigenvalue weighted by atomic mass is 9.96. The predicted octanol–water partition coefficient (Wildman–Crippen LogP) is 7.14. The molecule has 0 amide bonds. The molecule has 0 heterocycles. The zero-order valence-electron chi connectivity index (χ0n) is 22.9. The zero-order valence-corrected chi connectivity index (χ0v) is 22.9. The highest BCUT2D eigenvalue weighted by Crippen LogP contribution is 2.28. The van der Waals surface area contributed by atoms with Crippen LogP contribution >= 0.6 is 0 Å². The minimum atomic E-state index is 0.719. The molecule has 0 aliphatic heterocycles. The summed E-state index contributed by atoms with van der Waals surface area (Å²) in [5.74, 6) is 1.87. The van der Waals surface area contributed by atoms with Gasteiger partial charge in [0.25, 0.3) is 0 Å². The fraction of sp³-hybridized carbons (Fsp3) is 0.548. The van der Waals surface area contributed by atoms with Crippen LogP contribution in [0.25, 0.3) is 5.57 Å². The topological polar surface area (TPSA) is 24.9 Å². The highest BCUT2D eigenvalue weighted by Gasteiger charge is 2.08. The maximum absolute atomic E-state index is 6.00. The van der Waals surface area contributed by atoms with Crippen molar-refractivity contribution in [2.24, 2.45) is 0 Å². The van der Waals surface area contributed by atoms with Crippen molar-refractivity contribution in [1.29, 1.82) is 0 Å². The Hall–Kier alpha value is -2.30. The lowest BCUT2D eigenvalue weighted by molar-refractivity contribution is 0.223. The van der Waals surface area contributed by atoms with Crippen LogP contribution in [0.1, 0.15) is 71.4 Å². The van der Waals surface area contributed by atoms with E-state index in [9.17, 15) is 0 Å². The Morgan fingerprint density at radius 2 is 1.06 bits per heavy atom. The van der Waals surface area contributed by atoms with E-state index in [2.05, 4.69) is 99.0 Å². The molecule has 0 fully saturated rings. The van der Waals surface area contributed by atoms with E-state index in [0.29, 0.717) is 0 Å². The van der Waals surface area contributed by atoms with E-state index >= 15 is 0 Å². The third kappa shape index (κ3) is 10.5. The summed E-state index contributed by atoms with van der Waals surface area (Å²) >= 11 is 0. The molecule has 0 N–H and O–H groups in total. The molecule has 4 nitrogen and oxygen atoms in total. The summed E-state index contributed by atoms with van der Waals surface area (Å²) in [6.45, 7) is 18.6. The van der Waals surface area contributed by atoms with Crippen molar-refractivity contribution in [1.82, 2.24) is 9.80 Å². The average Bonchev–Trinajstić information content (AvgIpc) is 2.90. The Kier molecular flexibility index (Phi) is 14.2. The van der Waals surface area contributed by atoms with Crippen LogP contribution in [0.3, 0.4) is 0 Å². The van der Waals surface area contributed by atoms with Crippen LogP contribution in [0.2, 0.25) is 0 Å². The van der Waals surface area contributed by atoms with Gasteiger partial charge in [0.1, 0.15) is 24.7 Å². The summed E-state index contributed by atoms with van der Waals surface area (Å²) in [5.41, 5.74) is 3.74. The normalized spacial score (nSPS) is 11.2. The van der Waals surface area contributed by atoms with Crippen molar-refractivity contribution >= 4 is 5.57 Å². The molecule has 194 valence electrons. The second-order valence-electron chi connectivity index (χ2n) is 8.91. The SMILES string of the molecule is CCCCCC=C(c1ccc(OCCN(CC)CC)cc1)c1ccc(OCCN(CC)CC)cc1. The van der Waals surface area contributed by atoms with Gasteiger partial charge in [-0.3, -0.25) is 0 Å². The van der Waals surface area contributed by atoms with Gasteiger partial charge in [-0.1, -0.05) is 77.8 Å². The highest BCUT2D eigenvalue weighted by molar-refractivity contribution is 5.80. The maximum atomic E-state index is 6.00. The van der Waals surface area contributed by atoms with Crippen molar-refractivity contribution in [3.05, 3.63) is 65.7 Å². The zero-order chi connectivity index (χ0) is 25.3. The van der Waals surface area contributed by atoms with Gasteiger partial charge in [-0.15, -0.1) is 0 Å². The number of ether oxygens (including phenoxy) is 2. The van der Waals surface area contributed by atoms with Crippen molar-refractivity contribution in [2.45, 2.75) is 60.3 Å². The minimum Gasteiger partial charge on any atom is -0.492 e. The molecule has 2 aromatic rings. The molecule has 2 rings (SSSR count). The van der Waals surface area contributed by atoms with Crippen molar-refractivity contribution < 1.29 is 9.47 Å². The van der Waals surface area contributed by atoms with Crippen molar-refractivity contribution in [3.8, 4) is 11.5 Å². The minimum absolute atomic E-state index is 0.719. The van der Waals surface area contributed by atoms with Gasteiger partial charge in [-0.25, -0.2) is 0 Å². The Bertz CT molecular complexity index is 759. The fourth-order valence-corrected chi connectivity index (χ4v) is 4.17. The highest BCUT2D eigenvalue weighted by atomic mass is 16.5. The molecule has 0 aromatic heterocycles. The number of allylic oxidation sites excluding steroid dienone is 1. The van der Waals surface area contributed by atoms with Gasteiger partial charge in [0, 0.05) is 13.1 Å². The third-order valence-electron chi connectivity index (χ3n) is 6.63. The van der Waals surface area contributed by atoms with Crippen LogP contribution in [0.5, 0.6) is 11.5 Å². The number of unbranched alkanes of at least 4 members (excludes halogenated alkanes) is 3. The molecule has 0 aliphatic carbocycles. The van der Waals surface area contributed by atoms with Crippen molar-refractivity contribution in [3.63, 3.8) is 0 Å². The lowest BCUT2D eigenvalue weighted by Crippen LogP contribution is -2.27. The predicted molar refractivity (Wildman–Crippen MR) is 151 cm³/mol. The van der Waals surface area contributed by atoms with Crippen LogP contribution in [-0.2, 0) is 0 Å². The first-order chi connectivity index (χ1) is 17.1. The van der Waals surface area contributed by atoms with E-state index in [-0.39, 0.29) is 0 Å². The summed E-state index contributed by atoms with van der Waals surface area (Å²) < 4.78 is 12.0. The van der Waals surface area contributed by atoms with Gasteiger partial charge < -0.3 is 19.3 Å². The monoisotopic (exact) mass is 480 g/mol.